The van der Waals surface area contributed by atoms with Crippen LogP contribution in [0.4, 0.5) is 0 Å². The van der Waals surface area contributed by atoms with E-state index in [4.69, 9.17) is 10.5 Å². The quantitative estimate of drug-likeness (QED) is 0.153. The molecular weight excluding hydrogens is 434 g/mol. The summed E-state index contributed by atoms with van der Waals surface area (Å²) in [5.41, 5.74) is 5.46. The Morgan fingerprint density at radius 1 is 1.32 bits per heavy atom. The van der Waals surface area contributed by atoms with Gasteiger partial charge in [-0.3, -0.25) is 4.90 Å². The number of hydrogen-bond donors (Lipinski definition) is 5. The molecule has 3 fully saturated rings. The van der Waals surface area contributed by atoms with Crippen molar-refractivity contribution in [1.29, 1.82) is 0 Å². The monoisotopic (exact) mass is 477 g/mol. The summed E-state index contributed by atoms with van der Waals surface area (Å²) in [5, 5.41) is 30.7. The maximum atomic E-state index is 12.5. The summed E-state index contributed by atoms with van der Waals surface area (Å²) in [4.78, 5) is 18.3. The van der Waals surface area contributed by atoms with Gasteiger partial charge in [0, 0.05) is 36.5 Å². The van der Waals surface area contributed by atoms with Gasteiger partial charge in [0.25, 0.3) is 5.96 Å². The number of carbonyl (C=O) groups is 1. The Labute approximate surface area is 203 Å². The van der Waals surface area contributed by atoms with Gasteiger partial charge in [0.05, 0.1) is 32.2 Å². The molecule has 0 aromatic heterocycles. The lowest BCUT2D eigenvalue weighted by atomic mass is 9.45. The number of nitrogens with two attached hydrogens (primary N) is 1. The first-order valence-electron chi connectivity index (χ1n) is 12.8. The fourth-order valence-corrected chi connectivity index (χ4v) is 8.69. The Morgan fingerprint density at radius 3 is 2.74 bits per heavy atom. The van der Waals surface area contributed by atoms with Gasteiger partial charge >= 0.3 is 0 Å². The van der Waals surface area contributed by atoms with Crippen LogP contribution in [0.1, 0.15) is 39.0 Å². The van der Waals surface area contributed by atoms with Crippen LogP contribution in [-0.4, -0.2) is 83.2 Å². The molecule has 4 aliphatic rings. The van der Waals surface area contributed by atoms with Crippen LogP contribution in [0, 0.1) is 28.6 Å². The maximum Gasteiger partial charge on any atom is 0.293 e. The number of aliphatic imine (C=N–C) groups is 1. The van der Waals surface area contributed by atoms with Crippen LogP contribution in [0.15, 0.2) is 16.1 Å². The van der Waals surface area contributed by atoms with E-state index >= 15 is 0 Å². The molecule has 9 nitrogen and oxygen atoms in total. The van der Waals surface area contributed by atoms with Crippen molar-refractivity contribution < 1.29 is 24.6 Å². The van der Waals surface area contributed by atoms with Crippen molar-refractivity contribution in [3.05, 3.63) is 11.1 Å². The molecular formula is C25H43N5O4. The molecule has 7 atom stereocenters. The zero-order chi connectivity index (χ0) is 24.7. The van der Waals surface area contributed by atoms with Gasteiger partial charge in [0.15, 0.2) is 0 Å². The van der Waals surface area contributed by atoms with Gasteiger partial charge in [-0.1, -0.05) is 12.5 Å². The number of methoxy groups -OCH3 is 1. The molecule has 0 amide bonds. The molecule has 0 aromatic carbocycles. The molecule has 34 heavy (non-hydrogen) atoms. The van der Waals surface area contributed by atoms with E-state index in [0.29, 0.717) is 37.2 Å². The third-order valence-electron chi connectivity index (χ3n) is 9.75. The van der Waals surface area contributed by atoms with Crippen LogP contribution in [0.25, 0.3) is 0 Å². The third-order valence-corrected chi connectivity index (χ3v) is 9.75. The number of hydrogen-bond acceptors (Lipinski definition) is 7. The van der Waals surface area contributed by atoms with Gasteiger partial charge in [-0.15, -0.1) is 0 Å². The fourth-order valence-electron chi connectivity index (χ4n) is 8.69. The summed E-state index contributed by atoms with van der Waals surface area (Å²) < 4.78 is 5.37. The van der Waals surface area contributed by atoms with Crippen LogP contribution in [0.5, 0.6) is 0 Å². The largest absolute Gasteiger partial charge is 0.545 e. The number of likely N-dealkylation sites (tertiary alicyclic amines) is 1. The summed E-state index contributed by atoms with van der Waals surface area (Å²) in [5.74, 6) is 0.369. The van der Waals surface area contributed by atoms with E-state index in [9.17, 15) is 15.0 Å². The summed E-state index contributed by atoms with van der Waals surface area (Å²) in [6, 6.07) is 0. The number of aliphatic hydroxyl groups is 1. The fraction of sp³-hybridized carbons (Fsp3) is 0.840. The topological polar surface area (TPSA) is 136 Å². The predicted molar refractivity (Wildman–Crippen MR) is 128 cm³/mol. The molecule has 1 aliphatic heterocycles. The van der Waals surface area contributed by atoms with E-state index in [-0.39, 0.29) is 23.5 Å². The van der Waals surface area contributed by atoms with Crippen LogP contribution in [-0.2, 0) is 9.53 Å². The van der Waals surface area contributed by atoms with Gasteiger partial charge in [0.1, 0.15) is 5.60 Å². The number of guanidine groups is 1. The lowest BCUT2D eigenvalue weighted by Gasteiger charge is -2.60. The van der Waals surface area contributed by atoms with E-state index in [1.807, 2.05) is 14.1 Å². The second-order valence-corrected chi connectivity index (χ2v) is 11.1. The van der Waals surface area contributed by atoms with E-state index in [1.54, 1.807) is 0 Å². The van der Waals surface area contributed by atoms with E-state index in [0.717, 1.165) is 51.0 Å². The van der Waals surface area contributed by atoms with Gasteiger partial charge in [-0.2, -0.15) is 0 Å². The van der Waals surface area contributed by atoms with Crippen LogP contribution < -0.4 is 26.4 Å². The average molecular weight is 478 g/mol. The number of rotatable bonds is 8. The van der Waals surface area contributed by atoms with Crippen LogP contribution >= 0.6 is 0 Å². The third kappa shape index (κ3) is 3.54. The SMILES string of the molecule is CNCCN=C(N)[NH+]1CC[C@H](CNC)[C@@]2(C1)[C@@H]1CC[C@@H](C)[C@]23C[C@](O)(COC)C(C(=O)[O-])=C3C1. The van der Waals surface area contributed by atoms with Gasteiger partial charge in [0.2, 0.25) is 0 Å². The highest BCUT2D eigenvalue weighted by molar-refractivity contribution is 5.90. The van der Waals surface area contributed by atoms with Crippen molar-refractivity contribution in [2.75, 3.05) is 60.5 Å². The van der Waals surface area contributed by atoms with Gasteiger partial charge < -0.3 is 36.1 Å². The Morgan fingerprint density at radius 2 is 2.09 bits per heavy atom. The Kier molecular flexibility index (Phi) is 7.15. The maximum absolute atomic E-state index is 12.5. The van der Waals surface area contributed by atoms with E-state index in [1.165, 1.54) is 12.0 Å². The van der Waals surface area contributed by atoms with Crippen molar-refractivity contribution in [2.45, 2.75) is 44.6 Å². The Bertz CT molecular complexity index is 862. The number of allylic oxidation sites excluding steroid dienone is 1. The number of aliphatic carboxylic acids is 1. The highest BCUT2D eigenvalue weighted by Crippen LogP contribution is 2.76. The van der Waals surface area contributed by atoms with Crippen LogP contribution in [0.3, 0.4) is 0 Å². The normalized spacial score (nSPS) is 41.9. The highest BCUT2D eigenvalue weighted by Gasteiger charge is 2.75. The molecule has 2 saturated carbocycles. The number of carboxylic acids is 1. The number of likely N-dealkylation sites (N-methyl/N-ethyl adjacent to an activating group) is 1. The Balaban J connectivity index is 1.86. The predicted octanol–water partition coefficient (Wildman–Crippen LogP) is -2.10. The zero-order valence-corrected chi connectivity index (χ0v) is 21.2. The minimum absolute atomic E-state index is 0.0318. The number of quaternary nitrogens is 1. The lowest BCUT2D eigenvalue weighted by molar-refractivity contribution is -0.828. The second-order valence-electron chi connectivity index (χ2n) is 11.1. The molecule has 1 unspecified atom stereocenters. The average Bonchev–Trinajstić information content (AvgIpc) is 3.13. The zero-order valence-electron chi connectivity index (χ0n) is 21.2. The molecule has 4 rings (SSSR count). The molecule has 3 aliphatic carbocycles. The second kappa shape index (κ2) is 9.50. The molecule has 2 bridgehead atoms. The smallest absolute Gasteiger partial charge is 0.293 e. The first kappa shape index (κ1) is 25.6. The highest BCUT2D eigenvalue weighted by atomic mass is 16.5. The van der Waals surface area contributed by atoms with Gasteiger partial charge in [-0.25, -0.2) is 4.99 Å². The Hall–Kier alpha value is -1.52. The number of carboxylic acid groups (broad SMARTS) is 1. The van der Waals surface area contributed by atoms with Crippen molar-refractivity contribution in [3.63, 3.8) is 0 Å². The number of ether oxygens (including phenoxy) is 1. The molecule has 2 spiro atoms. The lowest BCUT2D eigenvalue weighted by Crippen LogP contribution is -3.19. The van der Waals surface area contributed by atoms with Crippen molar-refractivity contribution in [2.24, 2.45) is 39.3 Å². The van der Waals surface area contributed by atoms with Crippen molar-refractivity contribution in [3.8, 4) is 0 Å². The summed E-state index contributed by atoms with van der Waals surface area (Å²) in [6.45, 7) is 6.23. The molecule has 1 heterocycles. The first-order valence-corrected chi connectivity index (χ1v) is 12.8. The number of piperidine rings is 1. The molecule has 0 aromatic rings. The van der Waals surface area contributed by atoms with Crippen LogP contribution in [0.2, 0.25) is 0 Å². The number of carbonyl (C=O) groups excluding carboxylic acids is 1. The molecule has 6 N–H and O–H groups in total. The van der Waals surface area contributed by atoms with E-state index < -0.39 is 17.0 Å². The standard InChI is InChI=1S/C25H43N5O4/c1-16-5-6-17-11-19-20(21(31)32)23(33,15-34-4)13-24(16,19)25(17)14-30(10-7-18(25)12-28-3)22(26)29-9-8-27-2/h16-18,27-28,33H,5-15H2,1-4H3,(H2,26,29)(H,31,32)/t16-,17-,18-,23+,24+,25-/m1/s1. The molecule has 0 radical (unpaired) electrons. The number of nitrogens with one attached hydrogen (secondary N) is 3. The van der Waals surface area contributed by atoms with Crippen molar-refractivity contribution >= 4 is 11.9 Å². The number of nitrogens with zero attached hydrogens (tertiary/aromatic N) is 1. The minimum Gasteiger partial charge on any atom is -0.545 e. The summed E-state index contributed by atoms with van der Waals surface area (Å²) in [7, 11) is 5.41. The molecule has 1 saturated heterocycles. The van der Waals surface area contributed by atoms with Crippen molar-refractivity contribution in [1.82, 2.24) is 10.6 Å². The minimum atomic E-state index is -1.53. The summed E-state index contributed by atoms with van der Waals surface area (Å²) in [6.07, 6.45) is 4.19. The first-order chi connectivity index (χ1) is 16.2. The van der Waals surface area contributed by atoms with Gasteiger partial charge in [-0.05, 0) is 64.1 Å². The summed E-state index contributed by atoms with van der Waals surface area (Å²) >= 11 is 0. The molecule has 192 valence electrons. The molecule has 9 heteroatoms. The van der Waals surface area contributed by atoms with E-state index in [2.05, 4.69) is 22.5 Å².